The Balaban J connectivity index is 2.00. The highest BCUT2D eigenvalue weighted by atomic mass is 32.2. The largest absolute Gasteiger partial charge is 0.258 e. The molecule has 3 nitrogen and oxygen atoms in total. The van der Waals surface area contributed by atoms with Gasteiger partial charge in [-0.25, -0.2) is 13.1 Å². The highest BCUT2D eigenvalue weighted by molar-refractivity contribution is 7.90. The average Bonchev–Trinajstić information content (AvgIpc) is 2.97. The lowest BCUT2D eigenvalue weighted by Gasteiger charge is -2.09. The van der Waals surface area contributed by atoms with E-state index in [0.29, 0.717) is 5.92 Å². The zero-order valence-corrected chi connectivity index (χ0v) is 13.3. The van der Waals surface area contributed by atoms with E-state index in [1.54, 1.807) is 13.8 Å². The molecule has 1 N–H and O–H groups in total. The van der Waals surface area contributed by atoms with E-state index in [4.69, 9.17) is 0 Å². The molecule has 2 rings (SSSR count). The number of rotatable bonds is 4. The lowest BCUT2D eigenvalue weighted by molar-refractivity contribution is 0.571. The highest BCUT2D eigenvalue weighted by Gasteiger charge is 2.41. The molecule has 1 aliphatic rings. The smallest absolute Gasteiger partial charge is 0.212 e. The molecule has 0 saturated heterocycles. The van der Waals surface area contributed by atoms with Gasteiger partial charge in [0.2, 0.25) is 10.0 Å². The zero-order chi connectivity index (χ0) is 12.6. The van der Waals surface area contributed by atoms with Crippen molar-refractivity contribution >= 4 is 30.7 Å². The molecule has 0 bridgehead atoms. The van der Waals surface area contributed by atoms with E-state index in [2.05, 4.69) is 29.0 Å². The first-order valence-corrected chi connectivity index (χ1v) is 8.52. The van der Waals surface area contributed by atoms with Crippen molar-refractivity contribution in [1.82, 2.24) is 4.72 Å². The molecule has 1 aromatic carbocycles. The minimum atomic E-state index is -3.13. The maximum Gasteiger partial charge on any atom is 0.258 e. The molecule has 0 aliphatic heterocycles. The van der Waals surface area contributed by atoms with Crippen LogP contribution >= 0.6 is 0 Å². The molecule has 1 aliphatic carbocycles. The molecule has 5 heteroatoms. The van der Waals surface area contributed by atoms with Crippen LogP contribution in [0.25, 0.3) is 0 Å². The van der Waals surface area contributed by atoms with Gasteiger partial charge in [-0.15, -0.1) is 4.43 Å². The highest BCUT2D eigenvalue weighted by Crippen LogP contribution is 2.41. The van der Waals surface area contributed by atoms with Gasteiger partial charge in [0.05, 0.1) is 5.25 Å². The summed E-state index contributed by atoms with van der Waals surface area (Å²) in [4.78, 5) is 0. The van der Waals surface area contributed by atoms with E-state index in [9.17, 15) is 8.42 Å². The van der Waals surface area contributed by atoms with Crippen molar-refractivity contribution in [3.8, 4) is 0 Å². The lowest BCUT2D eigenvalue weighted by atomic mass is 10.1. The van der Waals surface area contributed by atoms with Crippen molar-refractivity contribution < 1.29 is 8.42 Å². The monoisotopic (exact) mass is 267 g/mol. The summed E-state index contributed by atoms with van der Waals surface area (Å²) in [5, 5.41) is -0.354. The van der Waals surface area contributed by atoms with Gasteiger partial charge in [0.1, 0.15) is 0 Å². The first kappa shape index (κ1) is 13.1. The van der Waals surface area contributed by atoms with Crippen LogP contribution in [0.1, 0.15) is 31.7 Å². The van der Waals surface area contributed by atoms with Crippen LogP contribution in [0.4, 0.5) is 0 Å². The Morgan fingerprint density at radius 1 is 1.29 bits per heavy atom. The summed E-state index contributed by atoms with van der Waals surface area (Å²) in [5.74, 6) is 0.366. The second-order valence-electron chi connectivity index (χ2n) is 5.07. The van der Waals surface area contributed by atoms with Crippen LogP contribution in [0.2, 0.25) is 0 Å². The van der Waals surface area contributed by atoms with Gasteiger partial charge >= 0.3 is 0 Å². The Hall–Kier alpha value is -0.338. The Kier molecular flexibility index (Phi) is 3.65. The average molecular weight is 267 g/mol. The fraction of sp³-hybridized carbons (Fsp3) is 0.500. The van der Waals surface area contributed by atoms with Gasteiger partial charge in [0, 0.05) is 12.0 Å². The number of hydrogen-bond acceptors (Lipinski definition) is 2. The second-order valence-corrected chi connectivity index (χ2v) is 8.49. The fourth-order valence-electron chi connectivity index (χ4n) is 1.85. The van der Waals surface area contributed by atoms with E-state index in [1.165, 1.54) is 9.99 Å². The Morgan fingerprint density at radius 2 is 1.88 bits per heavy atom. The number of benzene rings is 1. The van der Waals surface area contributed by atoms with Gasteiger partial charge < -0.3 is 0 Å². The van der Waals surface area contributed by atoms with Crippen LogP contribution in [0.5, 0.6) is 0 Å². The van der Waals surface area contributed by atoms with Crippen molar-refractivity contribution in [2.24, 2.45) is 0 Å². The van der Waals surface area contributed by atoms with Gasteiger partial charge in [-0.1, -0.05) is 24.3 Å². The molecule has 17 heavy (non-hydrogen) atoms. The predicted octanol–water partition coefficient (Wildman–Crippen LogP) is 0.129. The molecule has 1 saturated carbocycles. The van der Waals surface area contributed by atoms with E-state index in [0.717, 1.165) is 22.7 Å². The molecule has 1 aromatic rings. The summed E-state index contributed by atoms with van der Waals surface area (Å²) < 4.78 is 27.6. The Morgan fingerprint density at radius 3 is 2.41 bits per heavy atom. The van der Waals surface area contributed by atoms with Crippen LogP contribution < -0.4 is 9.15 Å². The fourth-order valence-corrected chi connectivity index (χ4v) is 3.14. The summed E-state index contributed by atoms with van der Waals surface area (Å²) in [7, 11) is -3.13. The van der Waals surface area contributed by atoms with Crippen molar-refractivity contribution in [2.45, 2.75) is 37.5 Å². The minimum Gasteiger partial charge on any atom is -0.212 e. The summed E-state index contributed by atoms with van der Waals surface area (Å²) in [6.07, 6.45) is 0.923. The number of hydrogen-bond donors (Lipinski definition) is 1. The summed E-state index contributed by atoms with van der Waals surface area (Å²) in [5.41, 5.74) is 1.25. The maximum absolute atomic E-state index is 11.7. The van der Waals surface area contributed by atoms with E-state index >= 15 is 0 Å². The molecule has 2 atom stereocenters. The van der Waals surface area contributed by atoms with Crippen molar-refractivity contribution in [3.05, 3.63) is 29.8 Å². The van der Waals surface area contributed by atoms with Gasteiger partial charge in [-0.3, -0.25) is 0 Å². The van der Waals surface area contributed by atoms with Gasteiger partial charge in [-0.05, 0) is 25.8 Å². The first-order chi connectivity index (χ1) is 7.90. The SMILES string of the molecule is CC(C)S(=O)(=O)N[C@H]1C[C@@H]1c1cc[c]([AlH2])cc1. The van der Waals surface area contributed by atoms with E-state index in [1.807, 2.05) is 0 Å². The normalized spacial score (nSPS) is 23.9. The standard InChI is InChI=1S/C12H16NO2S.Al.2H/c1-9(2)16(14,15)13-12-8-11(12)10-6-4-3-5-7-10;;;/h4-7,9,11-13H,8H2,1-2H3;;;/t11-,12+;;;/m1.../s1. The molecular formula is C12H18AlNO2S. The molecular weight excluding hydrogens is 249 g/mol. The van der Waals surface area contributed by atoms with Crippen molar-refractivity contribution in [1.29, 1.82) is 0 Å². The number of sulfonamides is 1. The zero-order valence-electron chi connectivity index (χ0n) is 10.5. The van der Waals surface area contributed by atoms with Crippen LogP contribution in [0.15, 0.2) is 24.3 Å². The quantitative estimate of drug-likeness (QED) is 0.788. The summed E-state index contributed by atoms with van der Waals surface area (Å²) in [6, 6.07) is 8.61. The topological polar surface area (TPSA) is 46.2 Å². The predicted molar refractivity (Wildman–Crippen MR) is 73.0 cm³/mol. The van der Waals surface area contributed by atoms with E-state index < -0.39 is 10.0 Å². The third kappa shape index (κ3) is 3.11. The van der Waals surface area contributed by atoms with E-state index in [-0.39, 0.29) is 11.3 Å². The summed E-state index contributed by atoms with van der Waals surface area (Å²) >= 11 is 1.06. The van der Waals surface area contributed by atoms with Crippen molar-refractivity contribution in [3.63, 3.8) is 0 Å². The maximum atomic E-state index is 11.7. The second kappa shape index (κ2) is 4.74. The molecule has 0 spiro atoms. The molecule has 92 valence electrons. The number of nitrogens with one attached hydrogen (secondary N) is 1. The Bertz CT molecular complexity index is 496. The summed E-state index contributed by atoms with van der Waals surface area (Å²) in [6.45, 7) is 3.41. The van der Waals surface area contributed by atoms with Crippen LogP contribution in [0.3, 0.4) is 0 Å². The molecule has 0 radical (unpaired) electrons. The molecule has 0 heterocycles. The van der Waals surface area contributed by atoms with Crippen molar-refractivity contribution in [2.75, 3.05) is 0 Å². The van der Waals surface area contributed by atoms with Crippen LogP contribution in [-0.2, 0) is 10.0 Å². The molecule has 0 amide bonds. The lowest BCUT2D eigenvalue weighted by Crippen LogP contribution is -2.33. The third-order valence-corrected chi connectivity index (χ3v) is 5.77. The van der Waals surface area contributed by atoms with Crippen LogP contribution in [0, 0.1) is 0 Å². The molecule has 0 unspecified atom stereocenters. The first-order valence-electron chi connectivity index (χ1n) is 5.98. The van der Waals surface area contributed by atoms with Crippen LogP contribution in [-0.4, -0.2) is 36.0 Å². The minimum absolute atomic E-state index is 0.0994. The van der Waals surface area contributed by atoms with Gasteiger partial charge in [0.15, 0.2) is 0 Å². The Labute approximate surface area is 111 Å². The third-order valence-electron chi connectivity index (χ3n) is 3.23. The van der Waals surface area contributed by atoms with Gasteiger partial charge in [-0.2, -0.15) is 0 Å². The van der Waals surface area contributed by atoms with Gasteiger partial charge in [0.25, 0.3) is 16.3 Å². The molecule has 1 fully saturated rings. The molecule has 0 aromatic heterocycles.